The van der Waals surface area contributed by atoms with E-state index in [0.29, 0.717) is 0 Å². The molecule has 20 heavy (non-hydrogen) atoms. The third-order valence-electron chi connectivity index (χ3n) is 3.20. The standard InChI is InChI=1S/C15H18ClNO2S/c1-17-12(15-11(16)6-7-20-15)8-10-4-5-13(18-2)14(9-10)19-3/h4-7,9,12,17H,8H2,1-3H3. The highest BCUT2D eigenvalue weighted by Crippen LogP contribution is 2.33. The Balaban J connectivity index is 2.22. The predicted octanol–water partition coefficient (Wildman–Crippen LogP) is 3.92. The van der Waals surface area contributed by atoms with Crippen LogP contribution in [0.1, 0.15) is 16.5 Å². The molecule has 0 radical (unpaired) electrons. The molecule has 0 fully saturated rings. The summed E-state index contributed by atoms with van der Waals surface area (Å²) in [5, 5.41) is 6.14. The summed E-state index contributed by atoms with van der Waals surface area (Å²) < 4.78 is 10.6. The highest BCUT2D eigenvalue weighted by atomic mass is 35.5. The fourth-order valence-corrected chi connectivity index (χ4v) is 3.42. The average Bonchev–Trinajstić information content (AvgIpc) is 2.90. The number of methoxy groups -OCH3 is 2. The van der Waals surface area contributed by atoms with Gasteiger partial charge in [-0.15, -0.1) is 11.3 Å². The van der Waals surface area contributed by atoms with Crippen molar-refractivity contribution in [3.05, 3.63) is 45.1 Å². The van der Waals surface area contributed by atoms with E-state index < -0.39 is 0 Å². The van der Waals surface area contributed by atoms with E-state index in [1.165, 1.54) is 5.56 Å². The molecule has 2 rings (SSSR count). The van der Waals surface area contributed by atoms with Crippen molar-refractivity contribution in [1.29, 1.82) is 0 Å². The number of hydrogen-bond donors (Lipinski definition) is 1. The van der Waals surface area contributed by atoms with Crippen LogP contribution in [-0.2, 0) is 6.42 Å². The Labute approximate surface area is 128 Å². The van der Waals surface area contributed by atoms with E-state index in [4.69, 9.17) is 21.1 Å². The molecule has 3 nitrogen and oxygen atoms in total. The number of thiophene rings is 1. The van der Waals surface area contributed by atoms with E-state index in [2.05, 4.69) is 5.32 Å². The molecule has 0 saturated carbocycles. The molecule has 5 heteroatoms. The summed E-state index contributed by atoms with van der Waals surface area (Å²) in [6.45, 7) is 0. The lowest BCUT2D eigenvalue weighted by Gasteiger charge is -2.16. The molecule has 1 aromatic heterocycles. The van der Waals surface area contributed by atoms with Gasteiger partial charge < -0.3 is 14.8 Å². The molecule has 0 aliphatic carbocycles. The van der Waals surface area contributed by atoms with Crippen molar-refractivity contribution in [2.75, 3.05) is 21.3 Å². The van der Waals surface area contributed by atoms with Gasteiger partial charge >= 0.3 is 0 Å². The van der Waals surface area contributed by atoms with E-state index in [9.17, 15) is 0 Å². The fourth-order valence-electron chi connectivity index (χ4n) is 2.12. The van der Waals surface area contributed by atoms with E-state index in [1.54, 1.807) is 25.6 Å². The van der Waals surface area contributed by atoms with Gasteiger partial charge in [0.1, 0.15) is 0 Å². The van der Waals surface area contributed by atoms with Crippen LogP contribution in [0.25, 0.3) is 0 Å². The maximum absolute atomic E-state index is 6.21. The second-order valence-corrected chi connectivity index (χ2v) is 5.72. The molecule has 0 saturated heterocycles. The van der Waals surface area contributed by atoms with Crippen LogP contribution in [0.3, 0.4) is 0 Å². The van der Waals surface area contributed by atoms with Crippen molar-refractivity contribution in [2.45, 2.75) is 12.5 Å². The zero-order valence-corrected chi connectivity index (χ0v) is 13.3. The summed E-state index contributed by atoms with van der Waals surface area (Å²) in [6.07, 6.45) is 0.844. The lowest BCUT2D eigenvalue weighted by Crippen LogP contribution is -2.18. The number of benzene rings is 1. The SMILES string of the molecule is CNC(Cc1ccc(OC)c(OC)c1)c1sccc1Cl. The van der Waals surface area contributed by atoms with Gasteiger partial charge in [-0.3, -0.25) is 0 Å². The second-order valence-electron chi connectivity index (χ2n) is 4.37. The third-order valence-corrected chi connectivity index (χ3v) is 4.67. The van der Waals surface area contributed by atoms with E-state index in [-0.39, 0.29) is 6.04 Å². The minimum Gasteiger partial charge on any atom is -0.493 e. The zero-order valence-electron chi connectivity index (χ0n) is 11.8. The number of hydrogen-bond acceptors (Lipinski definition) is 4. The van der Waals surface area contributed by atoms with Crippen LogP contribution in [0.2, 0.25) is 5.02 Å². The van der Waals surface area contributed by atoms with Crippen LogP contribution in [0.4, 0.5) is 0 Å². The highest BCUT2D eigenvalue weighted by molar-refractivity contribution is 7.10. The number of nitrogens with one attached hydrogen (secondary N) is 1. The molecule has 1 N–H and O–H groups in total. The molecule has 1 unspecified atom stereocenters. The van der Waals surface area contributed by atoms with Crippen molar-refractivity contribution in [3.63, 3.8) is 0 Å². The largest absolute Gasteiger partial charge is 0.493 e. The molecule has 108 valence electrons. The highest BCUT2D eigenvalue weighted by Gasteiger charge is 2.16. The van der Waals surface area contributed by atoms with Gasteiger partial charge in [-0.05, 0) is 42.6 Å². The second kappa shape index (κ2) is 6.97. The van der Waals surface area contributed by atoms with Gasteiger partial charge in [0.05, 0.1) is 19.2 Å². The Bertz CT molecular complexity index is 571. The van der Waals surface area contributed by atoms with Gasteiger partial charge in [0.2, 0.25) is 0 Å². The quantitative estimate of drug-likeness (QED) is 0.877. The first-order valence-corrected chi connectivity index (χ1v) is 7.56. The molecule has 0 aliphatic rings. The van der Waals surface area contributed by atoms with Crippen LogP contribution in [0.5, 0.6) is 11.5 Å². The minimum absolute atomic E-state index is 0.195. The molecule has 2 aromatic rings. The first-order chi connectivity index (χ1) is 9.69. The normalized spacial score (nSPS) is 12.2. The topological polar surface area (TPSA) is 30.5 Å². The Morgan fingerprint density at radius 1 is 1.20 bits per heavy atom. The van der Waals surface area contributed by atoms with Crippen LogP contribution < -0.4 is 14.8 Å². The van der Waals surface area contributed by atoms with Gasteiger partial charge in [-0.25, -0.2) is 0 Å². The number of ether oxygens (including phenoxy) is 2. The zero-order chi connectivity index (χ0) is 14.5. The first kappa shape index (κ1) is 15.2. The molecule has 1 heterocycles. The molecule has 0 aliphatic heterocycles. The lowest BCUT2D eigenvalue weighted by atomic mass is 10.0. The van der Waals surface area contributed by atoms with Crippen LogP contribution >= 0.6 is 22.9 Å². The van der Waals surface area contributed by atoms with Crippen molar-refractivity contribution in [1.82, 2.24) is 5.32 Å². The maximum Gasteiger partial charge on any atom is 0.160 e. The van der Waals surface area contributed by atoms with Crippen LogP contribution in [-0.4, -0.2) is 21.3 Å². The molecule has 0 bridgehead atoms. The summed E-state index contributed by atoms with van der Waals surface area (Å²) in [5.74, 6) is 1.49. The maximum atomic E-state index is 6.21. The van der Waals surface area contributed by atoms with Crippen LogP contribution in [0.15, 0.2) is 29.6 Å². The predicted molar refractivity (Wildman–Crippen MR) is 84.4 cm³/mol. The molecule has 0 spiro atoms. The number of rotatable bonds is 6. The molecule has 1 aromatic carbocycles. The van der Waals surface area contributed by atoms with E-state index >= 15 is 0 Å². The summed E-state index contributed by atoms with van der Waals surface area (Å²) in [5.41, 5.74) is 1.17. The van der Waals surface area contributed by atoms with Gasteiger partial charge in [0.25, 0.3) is 0 Å². The van der Waals surface area contributed by atoms with Gasteiger partial charge in [-0.2, -0.15) is 0 Å². The molecular weight excluding hydrogens is 294 g/mol. The van der Waals surface area contributed by atoms with Crippen molar-refractivity contribution in [2.24, 2.45) is 0 Å². The first-order valence-electron chi connectivity index (χ1n) is 6.30. The lowest BCUT2D eigenvalue weighted by molar-refractivity contribution is 0.354. The smallest absolute Gasteiger partial charge is 0.160 e. The average molecular weight is 312 g/mol. The molecule has 1 atom stereocenters. The fraction of sp³-hybridized carbons (Fsp3) is 0.333. The van der Waals surface area contributed by atoms with Gasteiger partial charge in [-0.1, -0.05) is 17.7 Å². The summed E-state index contributed by atoms with van der Waals surface area (Å²) in [6, 6.07) is 8.11. The monoisotopic (exact) mass is 311 g/mol. The Morgan fingerprint density at radius 3 is 2.50 bits per heavy atom. The molecular formula is C15H18ClNO2S. The number of likely N-dealkylation sites (N-methyl/N-ethyl adjacent to an activating group) is 1. The third kappa shape index (κ3) is 3.26. The van der Waals surface area contributed by atoms with Gasteiger partial charge in [0.15, 0.2) is 11.5 Å². The summed E-state index contributed by atoms with van der Waals surface area (Å²) in [7, 11) is 5.23. The van der Waals surface area contributed by atoms with Crippen LogP contribution in [0, 0.1) is 0 Å². The Hall–Kier alpha value is -1.23. The Morgan fingerprint density at radius 2 is 1.95 bits per heavy atom. The van der Waals surface area contributed by atoms with Gasteiger partial charge in [0, 0.05) is 10.9 Å². The Kier molecular flexibility index (Phi) is 5.29. The van der Waals surface area contributed by atoms with Crippen molar-refractivity contribution < 1.29 is 9.47 Å². The summed E-state index contributed by atoms with van der Waals surface area (Å²) >= 11 is 7.88. The number of halogens is 1. The molecule has 0 amide bonds. The van der Waals surface area contributed by atoms with Crippen molar-refractivity contribution in [3.8, 4) is 11.5 Å². The summed E-state index contributed by atoms with van der Waals surface area (Å²) in [4.78, 5) is 1.16. The van der Waals surface area contributed by atoms with E-state index in [0.717, 1.165) is 27.8 Å². The van der Waals surface area contributed by atoms with E-state index in [1.807, 2.05) is 36.7 Å². The van der Waals surface area contributed by atoms with Crippen molar-refractivity contribution >= 4 is 22.9 Å². The minimum atomic E-state index is 0.195.